The zero-order chi connectivity index (χ0) is 20.6. The number of carbonyl (C=O) groups is 1. The maximum absolute atomic E-state index is 12.5. The Balaban J connectivity index is 1.49. The highest BCUT2D eigenvalue weighted by atomic mass is 32.2. The summed E-state index contributed by atoms with van der Waals surface area (Å²) in [5.41, 5.74) is 3.14. The van der Waals surface area contributed by atoms with E-state index in [9.17, 15) is 13.2 Å². The number of sulfonamides is 1. The Labute approximate surface area is 168 Å². The average Bonchev–Trinajstić information content (AvgIpc) is 3.29. The van der Waals surface area contributed by atoms with Gasteiger partial charge in [0.2, 0.25) is 27.6 Å². The molecule has 2 aromatic carbocycles. The van der Waals surface area contributed by atoms with E-state index in [1.54, 1.807) is 29.2 Å². The fourth-order valence-electron chi connectivity index (χ4n) is 3.27. The minimum absolute atomic E-state index is 0.0230. The van der Waals surface area contributed by atoms with Crippen molar-refractivity contribution >= 4 is 27.3 Å². The maximum atomic E-state index is 12.5. The van der Waals surface area contributed by atoms with E-state index in [0.29, 0.717) is 35.9 Å². The molecular weight excluding hydrogens is 392 g/mol. The number of aryl methyl sites for hydroxylation is 1. The van der Waals surface area contributed by atoms with E-state index in [4.69, 9.17) is 4.52 Å². The monoisotopic (exact) mass is 412 g/mol. The summed E-state index contributed by atoms with van der Waals surface area (Å²) in [5.74, 6) is 0.666. The molecule has 0 aliphatic carbocycles. The molecule has 1 aliphatic heterocycles. The minimum atomic E-state index is -3.33. The Hall–Kier alpha value is -3.20. The molecule has 1 aliphatic rings. The van der Waals surface area contributed by atoms with Crippen molar-refractivity contribution in [1.82, 2.24) is 10.1 Å². The Bertz CT molecular complexity index is 1140. The van der Waals surface area contributed by atoms with Gasteiger partial charge in [-0.05, 0) is 43.3 Å². The van der Waals surface area contributed by atoms with Gasteiger partial charge in [-0.2, -0.15) is 4.98 Å². The van der Waals surface area contributed by atoms with Gasteiger partial charge in [0.05, 0.1) is 12.2 Å². The molecule has 1 saturated heterocycles. The fraction of sp³-hybridized carbons (Fsp3) is 0.250. The number of hydrogen-bond donors (Lipinski definition) is 1. The van der Waals surface area contributed by atoms with E-state index >= 15 is 0 Å². The van der Waals surface area contributed by atoms with Crippen molar-refractivity contribution in [2.24, 2.45) is 0 Å². The molecule has 29 heavy (non-hydrogen) atoms. The smallest absolute Gasteiger partial charge is 0.232 e. The van der Waals surface area contributed by atoms with Crippen molar-refractivity contribution in [3.63, 3.8) is 0 Å². The lowest BCUT2D eigenvalue weighted by Crippen LogP contribution is -2.24. The molecule has 4 rings (SSSR count). The van der Waals surface area contributed by atoms with E-state index in [2.05, 4.69) is 14.9 Å². The molecular formula is C20H20N4O4S. The van der Waals surface area contributed by atoms with Crippen LogP contribution in [0, 0.1) is 6.92 Å². The third-order valence-corrected chi connectivity index (χ3v) is 5.31. The Morgan fingerprint density at radius 1 is 1.10 bits per heavy atom. The van der Waals surface area contributed by atoms with Crippen LogP contribution in [0.4, 0.5) is 11.4 Å². The highest BCUT2D eigenvalue weighted by Gasteiger charge is 2.35. The first-order valence-corrected chi connectivity index (χ1v) is 11.0. The third kappa shape index (κ3) is 4.29. The van der Waals surface area contributed by atoms with Gasteiger partial charge in [-0.25, -0.2) is 8.42 Å². The van der Waals surface area contributed by atoms with Crippen molar-refractivity contribution in [3.8, 4) is 11.4 Å². The lowest BCUT2D eigenvalue weighted by atomic mass is 10.1. The highest BCUT2D eigenvalue weighted by molar-refractivity contribution is 7.92. The summed E-state index contributed by atoms with van der Waals surface area (Å²) in [5, 5.41) is 4.02. The standard InChI is InChI=1S/C20H20N4O4S/c1-13-3-9-17(10-4-13)24-12-15(11-18(24)25)20-21-19(22-28-20)14-5-7-16(8-6-14)23-29(2,26)27/h3-10,15,23H,11-12H2,1-2H3/t15-/m0/s1. The molecule has 1 atom stereocenters. The molecule has 0 radical (unpaired) electrons. The summed E-state index contributed by atoms with van der Waals surface area (Å²) in [4.78, 5) is 18.6. The van der Waals surface area contributed by atoms with Crippen LogP contribution in [-0.4, -0.2) is 37.3 Å². The maximum Gasteiger partial charge on any atom is 0.232 e. The van der Waals surface area contributed by atoms with Gasteiger partial charge in [0.1, 0.15) is 0 Å². The number of hydrogen-bond acceptors (Lipinski definition) is 6. The van der Waals surface area contributed by atoms with Crippen LogP contribution < -0.4 is 9.62 Å². The van der Waals surface area contributed by atoms with Crippen LogP contribution in [0.15, 0.2) is 53.1 Å². The molecule has 0 unspecified atom stereocenters. The number of carbonyl (C=O) groups excluding carboxylic acids is 1. The third-order valence-electron chi connectivity index (χ3n) is 4.71. The molecule has 1 aromatic heterocycles. The highest BCUT2D eigenvalue weighted by Crippen LogP contribution is 2.32. The SMILES string of the molecule is Cc1ccc(N2C[C@@H](c3nc(-c4ccc(NS(C)(=O)=O)cc4)no3)CC2=O)cc1. The predicted octanol–water partition coefficient (Wildman–Crippen LogP) is 2.94. The van der Waals surface area contributed by atoms with Crippen LogP contribution in [-0.2, 0) is 14.8 Å². The van der Waals surface area contributed by atoms with Crippen molar-refractivity contribution in [1.29, 1.82) is 0 Å². The normalized spacial score (nSPS) is 17.0. The molecule has 0 saturated carbocycles. The molecule has 9 heteroatoms. The fourth-order valence-corrected chi connectivity index (χ4v) is 3.83. The summed E-state index contributed by atoms with van der Waals surface area (Å²) in [7, 11) is -3.33. The van der Waals surface area contributed by atoms with Crippen molar-refractivity contribution in [3.05, 3.63) is 60.0 Å². The van der Waals surface area contributed by atoms with E-state index < -0.39 is 10.0 Å². The number of aromatic nitrogens is 2. The second-order valence-electron chi connectivity index (χ2n) is 7.15. The lowest BCUT2D eigenvalue weighted by molar-refractivity contribution is -0.117. The van der Waals surface area contributed by atoms with E-state index in [0.717, 1.165) is 17.5 Å². The minimum Gasteiger partial charge on any atom is -0.339 e. The van der Waals surface area contributed by atoms with Gasteiger partial charge in [0.25, 0.3) is 0 Å². The number of nitrogens with zero attached hydrogens (tertiary/aromatic N) is 3. The molecule has 0 bridgehead atoms. The molecule has 0 spiro atoms. The summed E-state index contributed by atoms with van der Waals surface area (Å²) in [6.45, 7) is 2.49. The summed E-state index contributed by atoms with van der Waals surface area (Å²) >= 11 is 0. The van der Waals surface area contributed by atoms with Gasteiger partial charge >= 0.3 is 0 Å². The zero-order valence-corrected chi connectivity index (χ0v) is 16.8. The van der Waals surface area contributed by atoms with Gasteiger partial charge in [-0.3, -0.25) is 9.52 Å². The summed E-state index contributed by atoms with van der Waals surface area (Å²) in [6.07, 6.45) is 1.40. The number of benzene rings is 2. The van der Waals surface area contributed by atoms with Gasteiger partial charge < -0.3 is 9.42 Å². The Morgan fingerprint density at radius 3 is 2.45 bits per heavy atom. The molecule has 1 N–H and O–H groups in total. The van der Waals surface area contributed by atoms with Crippen LogP contribution in [0.5, 0.6) is 0 Å². The van der Waals surface area contributed by atoms with Crippen molar-refractivity contribution < 1.29 is 17.7 Å². The first-order chi connectivity index (χ1) is 13.8. The topological polar surface area (TPSA) is 105 Å². The van der Waals surface area contributed by atoms with E-state index in [1.807, 2.05) is 31.2 Å². The van der Waals surface area contributed by atoms with Crippen LogP contribution >= 0.6 is 0 Å². The summed E-state index contributed by atoms with van der Waals surface area (Å²) in [6, 6.07) is 14.5. The van der Waals surface area contributed by atoms with Crippen LogP contribution in [0.2, 0.25) is 0 Å². The van der Waals surface area contributed by atoms with Gasteiger partial charge in [-0.1, -0.05) is 22.9 Å². The van der Waals surface area contributed by atoms with Crippen LogP contribution in [0.1, 0.15) is 23.8 Å². The Morgan fingerprint density at radius 2 is 1.79 bits per heavy atom. The molecule has 2 heterocycles. The number of rotatable bonds is 5. The van der Waals surface area contributed by atoms with E-state index in [-0.39, 0.29) is 11.8 Å². The molecule has 1 amide bonds. The predicted molar refractivity (Wildman–Crippen MR) is 109 cm³/mol. The zero-order valence-electron chi connectivity index (χ0n) is 16.0. The van der Waals surface area contributed by atoms with Crippen molar-refractivity contribution in [2.45, 2.75) is 19.3 Å². The van der Waals surface area contributed by atoms with Gasteiger partial charge in [0.15, 0.2) is 0 Å². The van der Waals surface area contributed by atoms with E-state index in [1.165, 1.54) is 0 Å². The summed E-state index contributed by atoms with van der Waals surface area (Å²) < 4.78 is 30.4. The van der Waals surface area contributed by atoms with Gasteiger partial charge in [-0.15, -0.1) is 0 Å². The molecule has 3 aromatic rings. The first-order valence-electron chi connectivity index (χ1n) is 9.07. The van der Waals surface area contributed by atoms with Crippen LogP contribution in [0.3, 0.4) is 0 Å². The largest absolute Gasteiger partial charge is 0.339 e. The van der Waals surface area contributed by atoms with Crippen LogP contribution in [0.25, 0.3) is 11.4 Å². The lowest BCUT2D eigenvalue weighted by Gasteiger charge is -2.16. The second-order valence-corrected chi connectivity index (χ2v) is 8.90. The number of anilines is 2. The molecule has 1 fully saturated rings. The first kappa shape index (κ1) is 19.1. The van der Waals surface area contributed by atoms with Gasteiger partial charge in [0, 0.05) is 29.9 Å². The Kier molecular flexibility index (Phi) is 4.83. The molecule has 8 nitrogen and oxygen atoms in total. The number of nitrogens with one attached hydrogen (secondary N) is 1. The second kappa shape index (κ2) is 7.32. The average molecular weight is 412 g/mol. The quantitative estimate of drug-likeness (QED) is 0.691. The molecule has 150 valence electrons. The van der Waals surface area contributed by atoms with Crippen molar-refractivity contribution in [2.75, 3.05) is 22.4 Å². The number of amides is 1.